The fourth-order valence-electron chi connectivity index (χ4n) is 2.71. The predicted octanol–water partition coefficient (Wildman–Crippen LogP) is -0.0604. The van der Waals surface area contributed by atoms with Gasteiger partial charge in [0.15, 0.2) is 5.13 Å². The Balaban J connectivity index is 1.74. The lowest BCUT2D eigenvalue weighted by Crippen LogP contribution is -2.69. The first-order valence-corrected chi connectivity index (χ1v) is 11.4. The molecule has 0 bridgehead atoms. The first-order chi connectivity index (χ1) is 15.4. The number of thioether (sulfide) groups is 1. The van der Waals surface area contributed by atoms with Crippen LogP contribution < -0.4 is 11.1 Å². The maximum Gasteiger partial charge on any atom is 0.350 e. The number of nitrogens with two attached hydrogens (primary N) is 1. The van der Waals surface area contributed by atoms with E-state index < -0.39 is 46.9 Å². The van der Waals surface area contributed by atoms with Gasteiger partial charge in [-0.05, 0) is 27.7 Å². The monoisotopic (exact) mass is 498 g/mol. The Morgan fingerprint density at radius 1 is 1.39 bits per heavy atom. The van der Waals surface area contributed by atoms with Crippen LogP contribution in [0.4, 0.5) is 5.13 Å². The number of nitrogens with zero attached hydrogens (tertiary/aromatic N) is 4. The summed E-state index contributed by atoms with van der Waals surface area (Å²) in [7, 11) is 0. The van der Waals surface area contributed by atoms with Crippen LogP contribution in [0.5, 0.6) is 0 Å². The lowest BCUT2D eigenvalue weighted by atomic mass is 10.1. The number of nitrogens with one attached hydrogen (secondary N) is 1. The van der Waals surface area contributed by atoms with E-state index in [2.05, 4.69) is 19.8 Å². The highest BCUT2D eigenvalue weighted by Gasteiger charge is 2.50. The first kappa shape index (κ1) is 24.4. The minimum atomic E-state index is -1.14. The molecule has 0 spiro atoms. The highest BCUT2D eigenvalue weighted by molar-refractivity contribution is 8.00. The average Bonchev–Trinajstić information content (AvgIpc) is 3.15. The van der Waals surface area contributed by atoms with Gasteiger partial charge < -0.3 is 30.6 Å². The maximum absolute atomic E-state index is 12.9. The van der Waals surface area contributed by atoms with Crippen molar-refractivity contribution in [3.05, 3.63) is 17.6 Å². The van der Waals surface area contributed by atoms with Crippen molar-refractivity contribution >= 4 is 57.9 Å². The number of fused-ring (bicyclic) bond motifs is 1. The molecule has 1 saturated heterocycles. The van der Waals surface area contributed by atoms with Gasteiger partial charge >= 0.3 is 11.9 Å². The highest BCUT2D eigenvalue weighted by atomic mass is 32.2. The minimum absolute atomic E-state index is 0.0748. The van der Waals surface area contributed by atoms with Gasteiger partial charge in [-0.25, -0.2) is 9.59 Å². The van der Waals surface area contributed by atoms with E-state index in [1.54, 1.807) is 20.8 Å². The smallest absolute Gasteiger partial charge is 0.350 e. The SMILES string of the molecule is CC(ON=C(C(=O)NC1C(=O)N2C=C(C(=O)O)CS[C@H]12)c1nsc(N)n1)C(=O)OC(C)(C)C. The average molecular weight is 499 g/mol. The van der Waals surface area contributed by atoms with Crippen molar-refractivity contribution in [3.63, 3.8) is 0 Å². The summed E-state index contributed by atoms with van der Waals surface area (Å²) in [6.07, 6.45) is 0.120. The quantitative estimate of drug-likeness (QED) is 0.198. The van der Waals surface area contributed by atoms with Crippen LogP contribution in [0, 0.1) is 0 Å². The molecule has 1 aromatic heterocycles. The standard InChI is InChI=1S/C18H22N6O7S2/c1-7(16(29)30-18(2,3)4)31-22-9(11-21-17(19)33-23-11)12(25)20-10-13(26)24-5-8(15(27)28)6-32-14(10)24/h5,7,10,14H,6H2,1-4H3,(H,20,25)(H,27,28)(H2,19,21,23)/t7?,10?,14-/m1/s1. The molecule has 3 heterocycles. The van der Waals surface area contributed by atoms with Gasteiger partial charge in [-0.15, -0.1) is 11.8 Å². The molecule has 0 aromatic carbocycles. The number of ether oxygens (including phenoxy) is 1. The van der Waals surface area contributed by atoms with E-state index in [0.717, 1.165) is 11.5 Å². The fraction of sp³-hybridized carbons (Fsp3) is 0.500. The minimum Gasteiger partial charge on any atom is -0.478 e. The summed E-state index contributed by atoms with van der Waals surface area (Å²) < 4.78 is 9.15. The van der Waals surface area contributed by atoms with Gasteiger partial charge in [-0.2, -0.15) is 9.36 Å². The number of carboxylic acid groups (broad SMARTS) is 1. The molecule has 3 rings (SSSR count). The molecule has 2 amide bonds. The number of esters is 1. The molecular formula is C18H22N6O7S2. The van der Waals surface area contributed by atoms with Crippen LogP contribution in [-0.2, 0) is 28.8 Å². The number of nitrogen functional groups attached to an aromatic ring is 1. The lowest BCUT2D eigenvalue weighted by Gasteiger charge is -2.46. The zero-order chi connectivity index (χ0) is 24.5. The van der Waals surface area contributed by atoms with Crippen LogP contribution in [0.1, 0.15) is 33.5 Å². The van der Waals surface area contributed by atoms with Gasteiger partial charge in [0.2, 0.25) is 17.6 Å². The number of hydrogen-bond acceptors (Lipinski definition) is 12. The number of hydrogen-bond donors (Lipinski definition) is 3. The number of oxime groups is 1. The van der Waals surface area contributed by atoms with Crippen molar-refractivity contribution in [2.75, 3.05) is 11.5 Å². The fourth-order valence-corrected chi connectivity index (χ4v) is 4.40. The number of aliphatic carboxylic acids is 1. The molecule has 1 fully saturated rings. The Labute approximate surface area is 196 Å². The van der Waals surface area contributed by atoms with Crippen LogP contribution in [0.2, 0.25) is 0 Å². The van der Waals surface area contributed by atoms with Gasteiger partial charge in [0.05, 0.1) is 5.57 Å². The van der Waals surface area contributed by atoms with E-state index in [1.165, 1.54) is 29.8 Å². The zero-order valence-electron chi connectivity index (χ0n) is 18.1. The Hall–Kier alpha value is -3.20. The summed E-state index contributed by atoms with van der Waals surface area (Å²) in [5, 5.41) is 15.0. The largest absolute Gasteiger partial charge is 0.478 e. The third-order valence-electron chi connectivity index (χ3n) is 4.26. The van der Waals surface area contributed by atoms with Crippen molar-refractivity contribution < 1.29 is 33.9 Å². The second kappa shape index (κ2) is 9.35. The molecule has 178 valence electrons. The van der Waals surface area contributed by atoms with E-state index in [-0.39, 0.29) is 28.0 Å². The van der Waals surface area contributed by atoms with Crippen LogP contribution in [0.3, 0.4) is 0 Å². The van der Waals surface area contributed by atoms with Gasteiger partial charge in [0.1, 0.15) is 17.0 Å². The summed E-state index contributed by atoms with van der Waals surface area (Å²) in [6.45, 7) is 6.48. The number of β-lactam (4-membered cyclic amide) rings is 1. The van der Waals surface area contributed by atoms with Gasteiger partial charge in [-0.3, -0.25) is 9.59 Å². The Kier molecular flexibility index (Phi) is 6.92. The molecule has 2 aliphatic heterocycles. The zero-order valence-corrected chi connectivity index (χ0v) is 19.7. The van der Waals surface area contributed by atoms with Crippen molar-refractivity contribution in [1.29, 1.82) is 0 Å². The number of carboxylic acids is 1. The third-order valence-corrected chi connectivity index (χ3v) is 6.12. The molecule has 0 saturated carbocycles. The van der Waals surface area contributed by atoms with Crippen LogP contribution >= 0.6 is 23.3 Å². The number of aromatic nitrogens is 2. The summed E-state index contributed by atoms with van der Waals surface area (Å²) >= 11 is 2.03. The number of carbonyl (C=O) groups excluding carboxylic acids is 3. The van der Waals surface area contributed by atoms with Gasteiger partial charge in [-0.1, -0.05) is 5.16 Å². The maximum atomic E-state index is 12.9. The Bertz CT molecular complexity index is 1050. The van der Waals surface area contributed by atoms with E-state index in [4.69, 9.17) is 20.4 Å². The summed E-state index contributed by atoms with van der Waals surface area (Å²) in [4.78, 5) is 58.9. The molecule has 1 aromatic rings. The summed E-state index contributed by atoms with van der Waals surface area (Å²) in [5.74, 6) is -3.07. The molecule has 2 unspecified atom stereocenters. The Morgan fingerprint density at radius 3 is 2.67 bits per heavy atom. The lowest BCUT2D eigenvalue weighted by molar-refractivity contribution is -0.167. The van der Waals surface area contributed by atoms with E-state index in [1.807, 2.05) is 0 Å². The normalized spacial score (nSPS) is 21.3. The molecule has 33 heavy (non-hydrogen) atoms. The molecule has 0 radical (unpaired) electrons. The first-order valence-electron chi connectivity index (χ1n) is 9.62. The Morgan fingerprint density at radius 2 is 2.09 bits per heavy atom. The van der Waals surface area contributed by atoms with Crippen LogP contribution in [0.15, 0.2) is 16.9 Å². The number of rotatable bonds is 7. The molecular weight excluding hydrogens is 476 g/mol. The molecule has 4 N–H and O–H groups in total. The summed E-state index contributed by atoms with van der Waals surface area (Å²) in [6, 6.07) is -0.918. The number of anilines is 1. The molecule has 3 atom stereocenters. The topological polar surface area (TPSA) is 186 Å². The number of amides is 2. The predicted molar refractivity (Wildman–Crippen MR) is 118 cm³/mol. The van der Waals surface area contributed by atoms with Crippen LogP contribution in [-0.4, -0.2) is 77.7 Å². The van der Waals surface area contributed by atoms with Crippen molar-refractivity contribution in [2.24, 2.45) is 5.16 Å². The van der Waals surface area contributed by atoms with E-state index in [9.17, 15) is 19.2 Å². The molecule has 2 aliphatic rings. The van der Waals surface area contributed by atoms with Crippen molar-refractivity contribution in [2.45, 2.75) is 50.8 Å². The molecule has 0 aliphatic carbocycles. The van der Waals surface area contributed by atoms with Crippen molar-refractivity contribution in [3.8, 4) is 0 Å². The van der Waals surface area contributed by atoms with Crippen molar-refractivity contribution in [1.82, 2.24) is 19.6 Å². The second-order valence-electron chi connectivity index (χ2n) is 8.03. The van der Waals surface area contributed by atoms with Gasteiger partial charge in [0, 0.05) is 23.5 Å². The third kappa shape index (κ3) is 5.60. The number of carbonyl (C=O) groups is 4. The van der Waals surface area contributed by atoms with E-state index in [0.29, 0.717) is 0 Å². The second-order valence-corrected chi connectivity index (χ2v) is 9.92. The highest BCUT2D eigenvalue weighted by Crippen LogP contribution is 2.36. The molecule has 13 nitrogen and oxygen atoms in total. The summed E-state index contributed by atoms with van der Waals surface area (Å²) in [5.41, 5.74) is 4.56. The van der Waals surface area contributed by atoms with Crippen LogP contribution in [0.25, 0.3) is 0 Å². The van der Waals surface area contributed by atoms with E-state index >= 15 is 0 Å². The van der Waals surface area contributed by atoms with Gasteiger partial charge in [0.25, 0.3) is 11.8 Å². The molecule has 15 heteroatoms.